The molecule has 0 spiro atoms. The highest BCUT2D eigenvalue weighted by Gasteiger charge is 2.30. The third-order valence-electron chi connectivity index (χ3n) is 4.99. The smallest absolute Gasteiger partial charge is 0.289 e. The van der Waals surface area contributed by atoms with Crippen molar-refractivity contribution in [3.05, 3.63) is 64.0 Å². The van der Waals surface area contributed by atoms with Gasteiger partial charge in [-0.25, -0.2) is 0 Å². The topological polar surface area (TPSA) is 75.4 Å². The van der Waals surface area contributed by atoms with Crippen molar-refractivity contribution in [1.29, 1.82) is 0 Å². The number of hydrogen-bond acceptors (Lipinski definition) is 5. The summed E-state index contributed by atoms with van der Waals surface area (Å²) < 4.78 is 5.22. The monoisotopic (exact) mass is 395 g/mol. The Morgan fingerprint density at radius 1 is 1.29 bits per heavy atom. The van der Waals surface area contributed by atoms with E-state index in [2.05, 4.69) is 10.5 Å². The van der Waals surface area contributed by atoms with Crippen LogP contribution in [0.25, 0.3) is 11.3 Å². The molecule has 1 atom stereocenters. The van der Waals surface area contributed by atoms with Gasteiger partial charge >= 0.3 is 0 Å². The first-order chi connectivity index (χ1) is 13.6. The fourth-order valence-electron chi connectivity index (χ4n) is 3.41. The Kier molecular flexibility index (Phi) is 5.25. The normalized spacial score (nSPS) is 16.3. The molecule has 4 rings (SSSR count). The second-order valence-electron chi connectivity index (χ2n) is 6.96. The van der Waals surface area contributed by atoms with Crippen molar-refractivity contribution in [2.24, 2.45) is 0 Å². The number of likely N-dealkylation sites (tertiary alicyclic amines) is 1. The summed E-state index contributed by atoms with van der Waals surface area (Å²) in [4.78, 5) is 26.9. The highest BCUT2D eigenvalue weighted by Crippen LogP contribution is 2.22. The molecule has 3 aromatic rings. The molecule has 1 aromatic carbocycles. The second-order valence-corrected chi connectivity index (χ2v) is 7.74. The van der Waals surface area contributed by atoms with Crippen molar-refractivity contribution in [1.82, 2.24) is 15.4 Å². The largest absolute Gasteiger partial charge is 0.350 e. The summed E-state index contributed by atoms with van der Waals surface area (Å²) in [5, 5.41) is 10.6. The maximum atomic E-state index is 12.6. The van der Waals surface area contributed by atoms with Crippen molar-refractivity contribution in [3.63, 3.8) is 0 Å². The Balaban J connectivity index is 1.38. The van der Waals surface area contributed by atoms with Crippen LogP contribution in [0.2, 0.25) is 0 Å². The van der Waals surface area contributed by atoms with Crippen LogP contribution in [-0.2, 0) is 0 Å². The number of aryl methyl sites for hydroxylation is 1. The molecule has 144 valence electrons. The van der Waals surface area contributed by atoms with Crippen LogP contribution in [0, 0.1) is 6.92 Å². The van der Waals surface area contributed by atoms with Crippen molar-refractivity contribution in [2.45, 2.75) is 25.8 Å². The maximum absolute atomic E-state index is 12.6. The Morgan fingerprint density at radius 3 is 2.86 bits per heavy atom. The van der Waals surface area contributed by atoms with E-state index in [-0.39, 0.29) is 23.6 Å². The molecule has 3 heterocycles. The van der Waals surface area contributed by atoms with Crippen LogP contribution in [0.15, 0.2) is 51.7 Å². The molecule has 1 saturated heterocycles. The van der Waals surface area contributed by atoms with Gasteiger partial charge in [-0.3, -0.25) is 9.59 Å². The zero-order valence-corrected chi connectivity index (χ0v) is 16.4. The minimum atomic E-state index is -0.319. The summed E-state index contributed by atoms with van der Waals surface area (Å²) in [6.45, 7) is 3.13. The Labute approximate surface area is 167 Å². The van der Waals surface area contributed by atoms with E-state index in [1.807, 2.05) is 52.9 Å². The molecule has 0 bridgehead atoms. The lowest BCUT2D eigenvalue weighted by Crippen LogP contribution is -2.43. The molecule has 1 aliphatic rings. The average Bonchev–Trinajstić information content (AvgIpc) is 3.47. The first kappa shape index (κ1) is 18.4. The lowest BCUT2D eigenvalue weighted by molar-refractivity contribution is 0.0723. The van der Waals surface area contributed by atoms with Gasteiger partial charge in [-0.05, 0) is 31.2 Å². The lowest BCUT2D eigenvalue weighted by Gasteiger charge is -2.24. The number of carbonyl (C=O) groups is 2. The molecule has 1 aliphatic heterocycles. The van der Waals surface area contributed by atoms with E-state index in [0.29, 0.717) is 17.8 Å². The van der Waals surface area contributed by atoms with Crippen molar-refractivity contribution in [2.75, 3.05) is 13.1 Å². The van der Waals surface area contributed by atoms with Crippen LogP contribution in [0.4, 0.5) is 0 Å². The number of nitrogens with one attached hydrogen (secondary N) is 1. The lowest BCUT2D eigenvalue weighted by atomic mass is 10.1. The molecule has 1 fully saturated rings. The molecule has 1 N–H and O–H groups in total. The van der Waals surface area contributed by atoms with Crippen LogP contribution >= 0.6 is 11.3 Å². The SMILES string of the molecule is Cc1ccc(-c2cc(C(=O)NC[C@@H]3CCCN3C(=O)c3ccsc3)on2)cc1. The van der Waals surface area contributed by atoms with Gasteiger partial charge in [-0.1, -0.05) is 35.0 Å². The van der Waals surface area contributed by atoms with E-state index in [9.17, 15) is 9.59 Å². The van der Waals surface area contributed by atoms with Gasteiger partial charge in [0.1, 0.15) is 5.69 Å². The second kappa shape index (κ2) is 7.98. The van der Waals surface area contributed by atoms with Gasteiger partial charge in [0, 0.05) is 36.1 Å². The molecular weight excluding hydrogens is 374 g/mol. The maximum Gasteiger partial charge on any atom is 0.289 e. The van der Waals surface area contributed by atoms with Crippen LogP contribution in [0.5, 0.6) is 0 Å². The van der Waals surface area contributed by atoms with E-state index >= 15 is 0 Å². The molecule has 0 aliphatic carbocycles. The number of benzene rings is 1. The van der Waals surface area contributed by atoms with Crippen LogP contribution in [0.3, 0.4) is 0 Å². The van der Waals surface area contributed by atoms with E-state index in [4.69, 9.17) is 4.52 Å². The van der Waals surface area contributed by atoms with E-state index in [1.165, 1.54) is 11.3 Å². The van der Waals surface area contributed by atoms with Gasteiger partial charge in [-0.15, -0.1) is 0 Å². The van der Waals surface area contributed by atoms with Gasteiger partial charge < -0.3 is 14.7 Å². The number of hydrogen-bond donors (Lipinski definition) is 1. The zero-order valence-electron chi connectivity index (χ0n) is 15.6. The average molecular weight is 395 g/mol. The first-order valence-electron chi connectivity index (χ1n) is 9.27. The van der Waals surface area contributed by atoms with Gasteiger partial charge in [0.2, 0.25) is 5.76 Å². The molecule has 0 saturated carbocycles. The molecule has 0 unspecified atom stereocenters. The number of amides is 2. The minimum Gasteiger partial charge on any atom is -0.350 e. The van der Waals surface area contributed by atoms with Gasteiger partial charge in [0.05, 0.1) is 5.56 Å². The summed E-state index contributed by atoms with van der Waals surface area (Å²) in [5.74, 6) is -0.121. The van der Waals surface area contributed by atoms with Crippen LogP contribution < -0.4 is 5.32 Å². The summed E-state index contributed by atoms with van der Waals surface area (Å²) in [5.41, 5.74) is 3.39. The molecule has 2 aromatic heterocycles. The third kappa shape index (κ3) is 3.84. The molecular formula is C21H21N3O3S. The van der Waals surface area contributed by atoms with Crippen LogP contribution in [-0.4, -0.2) is 41.0 Å². The number of nitrogens with zero attached hydrogens (tertiary/aromatic N) is 2. The molecule has 6 nitrogen and oxygen atoms in total. The molecule has 7 heteroatoms. The van der Waals surface area contributed by atoms with Crippen molar-refractivity contribution in [3.8, 4) is 11.3 Å². The molecule has 2 amide bonds. The third-order valence-corrected chi connectivity index (χ3v) is 5.67. The Bertz CT molecular complexity index is 963. The highest BCUT2D eigenvalue weighted by molar-refractivity contribution is 7.08. The Morgan fingerprint density at radius 2 is 2.11 bits per heavy atom. The van der Waals surface area contributed by atoms with Gasteiger partial charge in [0.15, 0.2) is 0 Å². The van der Waals surface area contributed by atoms with E-state index in [1.54, 1.807) is 6.07 Å². The first-order valence-corrected chi connectivity index (χ1v) is 10.2. The van der Waals surface area contributed by atoms with Gasteiger partial charge in [-0.2, -0.15) is 11.3 Å². The van der Waals surface area contributed by atoms with Gasteiger partial charge in [0.25, 0.3) is 11.8 Å². The number of rotatable bonds is 5. The fourth-order valence-corrected chi connectivity index (χ4v) is 4.04. The number of thiophene rings is 1. The fraction of sp³-hybridized carbons (Fsp3) is 0.286. The number of aromatic nitrogens is 1. The predicted molar refractivity (Wildman–Crippen MR) is 107 cm³/mol. The van der Waals surface area contributed by atoms with E-state index < -0.39 is 0 Å². The molecule has 0 radical (unpaired) electrons. The summed E-state index contributed by atoms with van der Waals surface area (Å²) in [6.07, 6.45) is 1.82. The van der Waals surface area contributed by atoms with Crippen molar-refractivity contribution >= 4 is 23.2 Å². The standard InChI is InChI=1S/C21H21N3O3S/c1-14-4-6-15(7-5-14)18-11-19(27-23-18)20(25)22-12-17-3-2-9-24(17)21(26)16-8-10-28-13-16/h4-8,10-11,13,17H,2-3,9,12H2,1H3,(H,22,25)/t17-/m0/s1. The summed E-state index contributed by atoms with van der Waals surface area (Å²) in [6, 6.07) is 11.3. The minimum absolute atomic E-state index is 0.00385. The summed E-state index contributed by atoms with van der Waals surface area (Å²) in [7, 11) is 0. The number of carbonyl (C=O) groups excluding carboxylic acids is 2. The van der Waals surface area contributed by atoms with Crippen molar-refractivity contribution < 1.29 is 14.1 Å². The molecule has 28 heavy (non-hydrogen) atoms. The highest BCUT2D eigenvalue weighted by atomic mass is 32.1. The summed E-state index contributed by atoms with van der Waals surface area (Å²) >= 11 is 1.51. The van der Waals surface area contributed by atoms with Crippen LogP contribution in [0.1, 0.15) is 39.3 Å². The quantitative estimate of drug-likeness (QED) is 0.714. The zero-order chi connectivity index (χ0) is 19.5. The van der Waals surface area contributed by atoms with E-state index in [0.717, 1.165) is 30.5 Å². The predicted octanol–water partition coefficient (Wildman–Crippen LogP) is 3.75. The Hall–Kier alpha value is -2.93.